The second-order valence-corrected chi connectivity index (χ2v) is 7.15. The van der Waals surface area contributed by atoms with Crippen molar-refractivity contribution in [3.63, 3.8) is 0 Å². The Balaban J connectivity index is 1.91. The number of para-hydroxylation sites is 1. The monoisotopic (exact) mass is 350 g/mol. The first-order valence-electron chi connectivity index (χ1n) is 6.50. The summed E-state index contributed by atoms with van der Waals surface area (Å²) in [6.07, 6.45) is 0. The molecule has 0 bridgehead atoms. The first-order chi connectivity index (χ1) is 10.7. The molecule has 0 atom stereocenters. The molecule has 0 radical (unpaired) electrons. The van der Waals surface area contributed by atoms with E-state index >= 15 is 0 Å². The zero-order valence-corrected chi connectivity index (χ0v) is 13.9. The lowest BCUT2D eigenvalue weighted by molar-refractivity contribution is 0.102. The highest BCUT2D eigenvalue weighted by Gasteiger charge is 2.14. The maximum Gasteiger partial charge on any atom is 0.258 e. The minimum Gasteiger partial charge on any atom is -0.296 e. The van der Waals surface area contributed by atoms with Gasteiger partial charge in [-0.1, -0.05) is 59.8 Å². The number of hydrogen-bond acceptors (Lipinski definition) is 6. The molecule has 1 amide bonds. The predicted octanol–water partition coefficient (Wildman–Crippen LogP) is 4.10. The van der Waals surface area contributed by atoms with Crippen molar-refractivity contribution in [2.24, 2.45) is 0 Å². The van der Waals surface area contributed by atoms with Crippen molar-refractivity contribution in [1.29, 1.82) is 0 Å². The molecular formula is C14H11ClN4OS2. The van der Waals surface area contributed by atoms with Gasteiger partial charge in [-0.25, -0.2) is 4.98 Å². The largest absolute Gasteiger partial charge is 0.296 e. The number of amides is 1. The van der Waals surface area contributed by atoms with E-state index < -0.39 is 0 Å². The molecule has 0 aliphatic rings. The molecule has 8 heteroatoms. The number of carbonyl (C=O) groups is 1. The predicted molar refractivity (Wildman–Crippen MR) is 91.0 cm³/mol. The van der Waals surface area contributed by atoms with Crippen LogP contribution >= 0.6 is 34.7 Å². The van der Waals surface area contributed by atoms with Gasteiger partial charge in [0.1, 0.15) is 5.15 Å². The number of hydrogen-bond donors (Lipinski definition) is 1. The smallest absolute Gasteiger partial charge is 0.258 e. The van der Waals surface area contributed by atoms with Gasteiger partial charge in [0.15, 0.2) is 4.34 Å². The van der Waals surface area contributed by atoms with E-state index in [1.807, 2.05) is 31.2 Å². The number of halogens is 1. The summed E-state index contributed by atoms with van der Waals surface area (Å²) in [7, 11) is 0. The van der Waals surface area contributed by atoms with Gasteiger partial charge in [0.2, 0.25) is 5.13 Å². The standard InChI is InChI=1S/C14H11ClN4OS2/c1-2-21-14-19-18-13(22-14)17-12(20)9-7-11(15)16-10-6-4-3-5-8(9)10/h3-7H,2H2,1H3,(H,17,18,20). The number of nitrogens with one attached hydrogen (secondary N) is 1. The molecule has 22 heavy (non-hydrogen) atoms. The summed E-state index contributed by atoms with van der Waals surface area (Å²) >= 11 is 8.93. The highest BCUT2D eigenvalue weighted by Crippen LogP contribution is 2.26. The average Bonchev–Trinajstić information content (AvgIpc) is 2.94. The summed E-state index contributed by atoms with van der Waals surface area (Å²) in [6.45, 7) is 2.04. The Morgan fingerprint density at radius 1 is 1.36 bits per heavy atom. The molecule has 1 N–H and O–H groups in total. The van der Waals surface area contributed by atoms with Gasteiger partial charge < -0.3 is 0 Å². The van der Waals surface area contributed by atoms with Crippen molar-refractivity contribution in [2.45, 2.75) is 11.3 Å². The van der Waals surface area contributed by atoms with Gasteiger partial charge in [0.25, 0.3) is 5.91 Å². The van der Waals surface area contributed by atoms with Crippen LogP contribution in [-0.2, 0) is 0 Å². The first-order valence-corrected chi connectivity index (χ1v) is 8.68. The number of nitrogens with zero attached hydrogens (tertiary/aromatic N) is 3. The number of pyridine rings is 1. The van der Waals surface area contributed by atoms with Crippen LogP contribution in [0.5, 0.6) is 0 Å². The second kappa shape index (κ2) is 6.60. The fraction of sp³-hybridized carbons (Fsp3) is 0.143. The van der Waals surface area contributed by atoms with Crippen LogP contribution in [0.1, 0.15) is 17.3 Å². The minimum absolute atomic E-state index is 0.273. The SMILES string of the molecule is CCSc1nnc(NC(=O)c2cc(Cl)nc3ccccc23)s1. The van der Waals surface area contributed by atoms with E-state index in [-0.39, 0.29) is 11.1 Å². The van der Waals surface area contributed by atoms with Crippen LogP contribution in [0.25, 0.3) is 10.9 Å². The maximum atomic E-state index is 12.5. The quantitative estimate of drug-likeness (QED) is 0.436. The third-order valence-electron chi connectivity index (χ3n) is 2.82. The fourth-order valence-corrected chi connectivity index (χ4v) is 3.78. The number of thioether (sulfide) groups is 1. The molecule has 2 heterocycles. The third-order valence-corrected chi connectivity index (χ3v) is 4.87. The summed E-state index contributed by atoms with van der Waals surface area (Å²) in [6, 6.07) is 8.93. The second-order valence-electron chi connectivity index (χ2n) is 4.27. The molecule has 0 unspecified atom stereocenters. The molecule has 0 saturated carbocycles. The molecule has 3 rings (SSSR count). The van der Waals surface area contributed by atoms with Crippen LogP contribution in [0.3, 0.4) is 0 Å². The highest BCUT2D eigenvalue weighted by atomic mass is 35.5. The van der Waals surface area contributed by atoms with Crippen molar-refractivity contribution in [3.05, 3.63) is 41.0 Å². The molecule has 112 valence electrons. The van der Waals surface area contributed by atoms with Crippen LogP contribution in [-0.4, -0.2) is 26.8 Å². The van der Waals surface area contributed by atoms with E-state index in [1.54, 1.807) is 17.8 Å². The van der Waals surface area contributed by atoms with Gasteiger partial charge in [0, 0.05) is 5.39 Å². The van der Waals surface area contributed by atoms with Gasteiger partial charge in [-0.15, -0.1) is 10.2 Å². The Bertz CT molecular complexity index is 837. The van der Waals surface area contributed by atoms with Crippen LogP contribution in [0, 0.1) is 0 Å². The van der Waals surface area contributed by atoms with Crippen molar-refractivity contribution < 1.29 is 4.79 Å². The summed E-state index contributed by atoms with van der Waals surface area (Å²) in [5.41, 5.74) is 1.15. The molecular weight excluding hydrogens is 340 g/mol. The molecule has 5 nitrogen and oxygen atoms in total. The number of fused-ring (bicyclic) bond motifs is 1. The lowest BCUT2D eigenvalue weighted by atomic mass is 10.1. The Morgan fingerprint density at radius 2 is 2.18 bits per heavy atom. The summed E-state index contributed by atoms with van der Waals surface area (Å²) in [5, 5.41) is 12.2. The first kappa shape index (κ1) is 15.2. The van der Waals surface area contributed by atoms with E-state index in [9.17, 15) is 4.79 Å². The molecule has 2 aromatic heterocycles. The minimum atomic E-state index is -0.273. The number of benzene rings is 1. The van der Waals surface area contributed by atoms with Gasteiger partial charge in [-0.05, 0) is 17.9 Å². The molecule has 3 aromatic rings. The number of aromatic nitrogens is 3. The van der Waals surface area contributed by atoms with E-state index in [0.717, 1.165) is 15.5 Å². The third kappa shape index (κ3) is 3.21. The lowest BCUT2D eigenvalue weighted by Crippen LogP contribution is -2.12. The zero-order chi connectivity index (χ0) is 15.5. The van der Waals surface area contributed by atoms with Crippen molar-refractivity contribution in [1.82, 2.24) is 15.2 Å². The van der Waals surface area contributed by atoms with Crippen LogP contribution < -0.4 is 5.32 Å². The Labute approximate surface area is 140 Å². The van der Waals surface area contributed by atoms with Crippen LogP contribution in [0.2, 0.25) is 5.15 Å². The summed E-state index contributed by atoms with van der Waals surface area (Å²) < 4.78 is 0.829. The number of rotatable bonds is 4. The van der Waals surface area contributed by atoms with Gasteiger partial charge >= 0.3 is 0 Å². The van der Waals surface area contributed by atoms with E-state index in [1.165, 1.54) is 11.3 Å². The highest BCUT2D eigenvalue weighted by molar-refractivity contribution is 8.01. The normalized spacial score (nSPS) is 10.8. The molecule has 0 aliphatic carbocycles. The summed E-state index contributed by atoms with van der Waals surface area (Å²) in [5.74, 6) is 0.636. The lowest BCUT2D eigenvalue weighted by Gasteiger charge is -2.06. The topological polar surface area (TPSA) is 67.8 Å². The average molecular weight is 351 g/mol. The molecule has 0 saturated heterocycles. The zero-order valence-electron chi connectivity index (χ0n) is 11.5. The fourth-order valence-electron chi connectivity index (χ4n) is 1.94. The van der Waals surface area contributed by atoms with E-state index in [0.29, 0.717) is 16.2 Å². The number of carbonyl (C=O) groups excluding carboxylic acids is 1. The molecule has 0 spiro atoms. The van der Waals surface area contributed by atoms with Gasteiger partial charge in [-0.2, -0.15) is 0 Å². The summed E-state index contributed by atoms with van der Waals surface area (Å²) in [4.78, 5) is 16.7. The Kier molecular flexibility index (Phi) is 4.56. The molecule has 0 fully saturated rings. The van der Waals surface area contributed by atoms with Crippen molar-refractivity contribution in [3.8, 4) is 0 Å². The molecule has 1 aromatic carbocycles. The van der Waals surface area contributed by atoms with Gasteiger partial charge in [-0.3, -0.25) is 10.1 Å². The van der Waals surface area contributed by atoms with Crippen molar-refractivity contribution in [2.75, 3.05) is 11.1 Å². The van der Waals surface area contributed by atoms with E-state index in [2.05, 4.69) is 20.5 Å². The number of anilines is 1. The van der Waals surface area contributed by atoms with Crippen LogP contribution in [0.4, 0.5) is 5.13 Å². The molecule has 0 aliphatic heterocycles. The van der Waals surface area contributed by atoms with Gasteiger partial charge in [0.05, 0.1) is 11.1 Å². The maximum absolute atomic E-state index is 12.5. The van der Waals surface area contributed by atoms with Crippen LogP contribution in [0.15, 0.2) is 34.7 Å². The Morgan fingerprint density at radius 3 is 3.00 bits per heavy atom. The Hall–Kier alpha value is -1.70. The van der Waals surface area contributed by atoms with E-state index in [4.69, 9.17) is 11.6 Å². The van der Waals surface area contributed by atoms with Crippen molar-refractivity contribution >= 4 is 56.6 Å².